The van der Waals surface area contributed by atoms with Gasteiger partial charge in [0, 0.05) is 0 Å². The third-order valence-corrected chi connectivity index (χ3v) is 5.09. The third-order valence-electron chi connectivity index (χ3n) is 5.09. The first kappa shape index (κ1) is 16.8. The fourth-order valence-electron chi connectivity index (χ4n) is 3.08. The maximum atomic E-state index is 11.1. The number of aliphatic carboxylic acids is 1. The Morgan fingerprint density at radius 1 is 1.24 bits per heavy atom. The molecule has 0 aromatic rings. The standard InChI is InChI=1S/C15H28BNO4/c1-14(2)15(3,4)21-16(20-14)9-5-6-10-17-11-7-8-12(17)13(18)19/h12H,5-11H2,1-4H3,(H,18,19). The molecular formula is C15H28BNO4. The number of unbranched alkanes of at least 4 members (excludes halogenated alkanes) is 1. The minimum absolute atomic E-state index is 0.135. The Kier molecular flexibility index (Phi) is 5.01. The van der Waals surface area contributed by atoms with Gasteiger partial charge < -0.3 is 14.4 Å². The van der Waals surface area contributed by atoms with Gasteiger partial charge in [-0.3, -0.25) is 9.69 Å². The Morgan fingerprint density at radius 2 is 1.86 bits per heavy atom. The van der Waals surface area contributed by atoms with Gasteiger partial charge in [-0.15, -0.1) is 0 Å². The van der Waals surface area contributed by atoms with E-state index >= 15 is 0 Å². The molecule has 5 nitrogen and oxygen atoms in total. The number of likely N-dealkylation sites (tertiary alicyclic amines) is 1. The van der Waals surface area contributed by atoms with Gasteiger partial charge in [0.05, 0.1) is 11.2 Å². The molecule has 6 heteroatoms. The van der Waals surface area contributed by atoms with Crippen molar-refractivity contribution in [3.8, 4) is 0 Å². The molecule has 21 heavy (non-hydrogen) atoms. The van der Waals surface area contributed by atoms with E-state index in [0.29, 0.717) is 0 Å². The molecule has 1 atom stereocenters. The minimum Gasteiger partial charge on any atom is -0.480 e. The van der Waals surface area contributed by atoms with Crippen LogP contribution >= 0.6 is 0 Å². The van der Waals surface area contributed by atoms with Crippen LogP contribution in [0.1, 0.15) is 53.4 Å². The Balaban J connectivity index is 1.68. The maximum absolute atomic E-state index is 11.1. The van der Waals surface area contributed by atoms with Crippen molar-refractivity contribution in [3.63, 3.8) is 0 Å². The number of hydrogen-bond acceptors (Lipinski definition) is 4. The number of carbonyl (C=O) groups is 1. The first-order valence-electron chi connectivity index (χ1n) is 8.05. The summed E-state index contributed by atoms with van der Waals surface area (Å²) in [4.78, 5) is 13.2. The highest BCUT2D eigenvalue weighted by atomic mass is 16.7. The number of carboxylic acid groups (broad SMARTS) is 1. The zero-order valence-corrected chi connectivity index (χ0v) is 13.7. The van der Waals surface area contributed by atoms with Crippen LogP contribution in [0.25, 0.3) is 0 Å². The van der Waals surface area contributed by atoms with Crippen LogP contribution in [0.4, 0.5) is 0 Å². The molecule has 2 rings (SSSR count). The van der Waals surface area contributed by atoms with Crippen LogP contribution in [-0.2, 0) is 14.1 Å². The van der Waals surface area contributed by atoms with Crippen molar-refractivity contribution < 1.29 is 19.2 Å². The molecule has 2 aliphatic heterocycles. The molecule has 120 valence electrons. The van der Waals surface area contributed by atoms with Crippen LogP contribution in [0.5, 0.6) is 0 Å². The van der Waals surface area contributed by atoms with Gasteiger partial charge in [0.1, 0.15) is 6.04 Å². The summed E-state index contributed by atoms with van der Waals surface area (Å²) in [5, 5.41) is 9.15. The predicted octanol–water partition coefficient (Wildman–Crippen LogP) is 2.41. The molecule has 2 aliphatic rings. The highest BCUT2D eigenvalue weighted by Crippen LogP contribution is 2.38. The van der Waals surface area contributed by atoms with Gasteiger partial charge in [0.15, 0.2) is 0 Å². The highest BCUT2D eigenvalue weighted by molar-refractivity contribution is 6.45. The summed E-state index contributed by atoms with van der Waals surface area (Å²) >= 11 is 0. The summed E-state index contributed by atoms with van der Waals surface area (Å²) in [6, 6.07) is -0.276. The summed E-state index contributed by atoms with van der Waals surface area (Å²) < 4.78 is 11.9. The van der Waals surface area contributed by atoms with E-state index < -0.39 is 5.97 Å². The van der Waals surface area contributed by atoms with Crippen molar-refractivity contribution in [2.75, 3.05) is 13.1 Å². The molecule has 0 spiro atoms. The highest BCUT2D eigenvalue weighted by Gasteiger charge is 2.50. The molecule has 0 radical (unpaired) electrons. The lowest BCUT2D eigenvalue weighted by Gasteiger charge is -2.32. The van der Waals surface area contributed by atoms with E-state index in [4.69, 9.17) is 14.4 Å². The van der Waals surface area contributed by atoms with Crippen LogP contribution in [0.3, 0.4) is 0 Å². The smallest absolute Gasteiger partial charge is 0.457 e. The Bertz CT molecular complexity index is 370. The lowest BCUT2D eigenvalue weighted by Crippen LogP contribution is -2.41. The van der Waals surface area contributed by atoms with Crippen molar-refractivity contribution in [2.45, 2.75) is 76.9 Å². The molecule has 0 bridgehead atoms. The molecule has 0 amide bonds. The topological polar surface area (TPSA) is 59.0 Å². The van der Waals surface area contributed by atoms with Crippen LogP contribution in [0.15, 0.2) is 0 Å². The first-order chi connectivity index (χ1) is 9.73. The van der Waals surface area contributed by atoms with Gasteiger partial charge in [0.2, 0.25) is 0 Å². The van der Waals surface area contributed by atoms with Gasteiger partial charge >= 0.3 is 13.1 Å². The molecule has 0 aromatic carbocycles. The van der Waals surface area contributed by atoms with Crippen LogP contribution in [0.2, 0.25) is 6.32 Å². The lowest BCUT2D eigenvalue weighted by molar-refractivity contribution is -0.142. The number of nitrogens with zero attached hydrogens (tertiary/aromatic N) is 1. The molecule has 2 saturated heterocycles. The molecular weight excluding hydrogens is 269 g/mol. The first-order valence-corrected chi connectivity index (χ1v) is 8.05. The zero-order valence-electron chi connectivity index (χ0n) is 13.7. The number of carboxylic acids is 1. The number of hydrogen-bond donors (Lipinski definition) is 1. The van der Waals surface area contributed by atoms with E-state index in [1.54, 1.807) is 0 Å². The van der Waals surface area contributed by atoms with Crippen molar-refractivity contribution >= 4 is 13.1 Å². The summed E-state index contributed by atoms with van der Waals surface area (Å²) in [5.74, 6) is -0.682. The Hall–Kier alpha value is -0.585. The van der Waals surface area contributed by atoms with Gasteiger partial charge in [0.25, 0.3) is 0 Å². The second-order valence-electron chi connectivity index (χ2n) is 7.21. The number of rotatable bonds is 6. The zero-order chi connectivity index (χ0) is 15.7. The van der Waals surface area contributed by atoms with Gasteiger partial charge in [-0.05, 0) is 66.4 Å². The second-order valence-corrected chi connectivity index (χ2v) is 7.21. The van der Waals surface area contributed by atoms with E-state index in [-0.39, 0.29) is 24.4 Å². The van der Waals surface area contributed by atoms with E-state index in [1.165, 1.54) is 0 Å². The molecule has 2 heterocycles. The Labute approximate surface area is 128 Å². The molecule has 1 unspecified atom stereocenters. The van der Waals surface area contributed by atoms with Crippen molar-refractivity contribution in [1.29, 1.82) is 0 Å². The fraction of sp³-hybridized carbons (Fsp3) is 0.933. The van der Waals surface area contributed by atoms with Gasteiger partial charge in [-0.2, -0.15) is 0 Å². The average Bonchev–Trinajstić information content (AvgIpc) is 2.88. The van der Waals surface area contributed by atoms with E-state index in [9.17, 15) is 4.79 Å². The molecule has 2 fully saturated rings. The largest absolute Gasteiger partial charge is 0.480 e. The van der Waals surface area contributed by atoms with Crippen LogP contribution in [-0.4, -0.2) is 53.4 Å². The van der Waals surface area contributed by atoms with Crippen LogP contribution in [0, 0.1) is 0 Å². The van der Waals surface area contributed by atoms with E-state index in [1.807, 2.05) is 0 Å². The molecule has 0 aliphatic carbocycles. The average molecular weight is 297 g/mol. The summed E-state index contributed by atoms with van der Waals surface area (Å²) in [5.41, 5.74) is -0.526. The summed E-state index contributed by atoms with van der Waals surface area (Å²) in [6.07, 6.45) is 4.65. The van der Waals surface area contributed by atoms with Gasteiger partial charge in [-0.1, -0.05) is 6.42 Å². The summed E-state index contributed by atoms with van der Waals surface area (Å²) in [7, 11) is -0.135. The molecule has 1 N–H and O–H groups in total. The quantitative estimate of drug-likeness (QED) is 0.602. The lowest BCUT2D eigenvalue weighted by atomic mass is 9.82. The SMILES string of the molecule is CC1(C)OB(CCCCN2CCCC2C(=O)O)OC1(C)C. The van der Waals surface area contributed by atoms with Crippen molar-refractivity contribution in [3.05, 3.63) is 0 Å². The normalized spacial score (nSPS) is 28.2. The Morgan fingerprint density at radius 3 is 2.43 bits per heavy atom. The molecule has 0 saturated carbocycles. The fourth-order valence-corrected chi connectivity index (χ4v) is 3.08. The minimum atomic E-state index is -0.682. The maximum Gasteiger partial charge on any atom is 0.457 e. The molecule has 0 aromatic heterocycles. The second kappa shape index (κ2) is 6.27. The van der Waals surface area contributed by atoms with Gasteiger partial charge in [-0.25, -0.2) is 0 Å². The summed E-state index contributed by atoms with van der Waals surface area (Å²) in [6.45, 7) is 10.0. The predicted molar refractivity (Wildman–Crippen MR) is 82.4 cm³/mol. The van der Waals surface area contributed by atoms with E-state index in [0.717, 1.165) is 45.1 Å². The van der Waals surface area contributed by atoms with Crippen LogP contribution < -0.4 is 0 Å². The van der Waals surface area contributed by atoms with E-state index in [2.05, 4.69) is 32.6 Å². The van der Waals surface area contributed by atoms with Crippen molar-refractivity contribution in [2.24, 2.45) is 0 Å². The third kappa shape index (κ3) is 3.79. The monoisotopic (exact) mass is 297 g/mol. The van der Waals surface area contributed by atoms with Crippen molar-refractivity contribution in [1.82, 2.24) is 4.90 Å².